The van der Waals surface area contributed by atoms with Gasteiger partial charge in [-0.2, -0.15) is 0 Å². The van der Waals surface area contributed by atoms with Crippen LogP contribution in [0.15, 0.2) is 23.1 Å². The van der Waals surface area contributed by atoms with Crippen molar-refractivity contribution >= 4 is 27.6 Å². The monoisotopic (exact) mass is 333 g/mol. The molecule has 0 spiro atoms. The van der Waals surface area contributed by atoms with E-state index in [2.05, 4.69) is 4.72 Å². The highest BCUT2D eigenvalue weighted by Gasteiger charge is 2.36. The number of sulfonamides is 1. The van der Waals surface area contributed by atoms with Crippen molar-refractivity contribution in [1.29, 1.82) is 0 Å². The molecule has 0 aliphatic rings. The molecule has 1 aromatic rings. The first-order valence-corrected chi connectivity index (χ1v) is 8.54. The molecule has 118 valence electrons. The minimum absolute atomic E-state index is 0.0708. The number of halogens is 1. The molecule has 0 atom stereocenters. The van der Waals surface area contributed by atoms with E-state index in [1.54, 1.807) is 32.9 Å². The molecule has 0 saturated heterocycles. The van der Waals surface area contributed by atoms with Gasteiger partial charge in [0.1, 0.15) is 0 Å². The van der Waals surface area contributed by atoms with Gasteiger partial charge in [0.25, 0.3) is 0 Å². The van der Waals surface area contributed by atoms with Gasteiger partial charge in [0.05, 0.1) is 10.3 Å². The summed E-state index contributed by atoms with van der Waals surface area (Å²) in [6.45, 7) is 4.98. The van der Waals surface area contributed by atoms with Crippen LogP contribution in [0.5, 0.6) is 0 Å². The molecule has 0 fully saturated rings. The van der Waals surface area contributed by atoms with Gasteiger partial charge in [-0.05, 0) is 37.5 Å². The van der Waals surface area contributed by atoms with Crippen molar-refractivity contribution in [2.75, 3.05) is 6.54 Å². The molecule has 0 aromatic heterocycles. The third-order valence-electron chi connectivity index (χ3n) is 3.85. The summed E-state index contributed by atoms with van der Waals surface area (Å²) in [5, 5.41) is 9.65. The second kappa shape index (κ2) is 6.77. The Bertz CT molecular complexity index is 624. The van der Waals surface area contributed by atoms with Crippen molar-refractivity contribution < 1.29 is 18.3 Å². The number of nitrogens with one attached hydrogen (secondary N) is 1. The Labute approximate surface area is 130 Å². The van der Waals surface area contributed by atoms with Gasteiger partial charge in [-0.25, -0.2) is 13.1 Å². The number of aliphatic carboxylic acids is 1. The minimum Gasteiger partial charge on any atom is -0.481 e. The molecule has 0 saturated carbocycles. The van der Waals surface area contributed by atoms with Gasteiger partial charge in [0.15, 0.2) is 0 Å². The van der Waals surface area contributed by atoms with Crippen molar-refractivity contribution in [3.8, 4) is 0 Å². The van der Waals surface area contributed by atoms with E-state index in [1.807, 2.05) is 0 Å². The largest absolute Gasteiger partial charge is 0.481 e. The Balaban J connectivity index is 3.06. The van der Waals surface area contributed by atoms with Crippen molar-refractivity contribution in [3.63, 3.8) is 0 Å². The van der Waals surface area contributed by atoms with Gasteiger partial charge >= 0.3 is 5.97 Å². The molecule has 0 aliphatic heterocycles. The van der Waals surface area contributed by atoms with Crippen LogP contribution in [0.1, 0.15) is 32.3 Å². The molecule has 2 N–H and O–H groups in total. The summed E-state index contributed by atoms with van der Waals surface area (Å²) in [4.78, 5) is 11.5. The number of benzene rings is 1. The van der Waals surface area contributed by atoms with E-state index in [0.29, 0.717) is 23.4 Å². The summed E-state index contributed by atoms with van der Waals surface area (Å²) >= 11 is 5.83. The SMILES string of the molecule is CCC(CC)(CNS(=O)(=O)c1cc(Cl)ccc1C)C(=O)O. The molecule has 21 heavy (non-hydrogen) atoms. The Kier molecular flexibility index (Phi) is 5.78. The average molecular weight is 334 g/mol. The molecular formula is C14H20ClNO4S. The quantitative estimate of drug-likeness (QED) is 0.803. The Morgan fingerprint density at radius 2 is 1.90 bits per heavy atom. The van der Waals surface area contributed by atoms with Gasteiger partial charge in [-0.3, -0.25) is 4.79 Å². The van der Waals surface area contributed by atoms with E-state index in [1.165, 1.54) is 6.07 Å². The van der Waals surface area contributed by atoms with E-state index in [-0.39, 0.29) is 11.4 Å². The topological polar surface area (TPSA) is 83.5 Å². The lowest BCUT2D eigenvalue weighted by Gasteiger charge is -2.26. The average Bonchev–Trinajstić information content (AvgIpc) is 2.42. The number of carboxylic acid groups (broad SMARTS) is 1. The maximum atomic E-state index is 12.3. The third-order valence-corrected chi connectivity index (χ3v) is 5.63. The predicted molar refractivity (Wildman–Crippen MR) is 82.0 cm³/mol. The Hall–Kier alpha value is -1.11. The molecule has 0 bridgehead atoms. The standard InChI is InChI=1S/C14H20ClNO4S/c1-4-14(5-2,13(17)18)9-16-21(19,20)12-8-11(15)7-6-10(12)3/h6-8,16H,4-5,9H2,1-3H3,(H,17,18). The van der Waals surface area contributed by atoms with Crippen LogP contribution in [-0.2, 0) is 14.8 Å². The van der Waals surface area contributed by atoms with E-state index < -0.39 is 21.4 Å². The van der Waals surface area contributed by atoms with Crippen LogP contribution in [0.25, 0.3) is 0 Å². The summed E-state index contributed by atoms with van der Waals surface area (Å²) in [6.07, 6.45) is 0.686. The molecular weight excluding hydrogens is 314 g/mol. The first kappa shape index (κ1) is 17.9. The van der Waals surface area contributed by atoms with E-state index in [4.69, 9.17) is 11.6 Å². The maximum absolute atomic E-state index is 12.3. The summed E-state index contributed by atoms with van der Waals surface area (Å²) in [6, 6.07) is 4.58. The lowest BCUT2D eigenvalue weighted by molar-refractivity contribution is -0.149. The van der Waals surface area contributed by atoms with Gasteiger partial charge in [0.2, 0.25) is 10.0 Å². The lowest BCUT2D eigenvalue weighted by Crippen LogP contribution is -2.42. The van der Waals surface area contributed by atoms with E-state index >= 15 is 0 Å². The number of rotatable bonds is 7. The fourth-order valence-electron chi connectivity index (χ4n) is 2.05. The van der Waals surface area contributed by atoms with Crippen LogP contribution < -0.4 is 4.72 Å². The van der Waals surface area contributed by atoms with Crippen molar-refractivity contribution in [2.45, 2.75) is 38.5 Å². The van der Waals surface area contributed by atoms with Gasteiger partial charge in [-0.1, -0.05) is 31.5 Å². The highest BCUT2D eigenvalue weighted by Crippen LogP contribution is 2.27. The Morgan fingerprint density at radius 1 is 1.33 bits per heavy atom. The number of carbonyl (C=O) groups is 1. The highest BCUT2D eigenvalue weighted by atomic mass is 35.5. The first-order valence-electron chi connectivity index (χ1n) is 6.67. The zero-order valence-electron chi connectivity index (χ0n) is 12.3. The van der Waals surface area contributed by atoms with Crippen LogP contribution in [0.3, 0.4) is 0 Å². The highest BCUT2D eigenvalue weighted by molar-refractivity contribution is 7.89. The molecule has 0 unspecified atom stereocenters. The van der Waals surface area contributed by atoms with Crippen LogP contribution in [0.4, 0.5) is 0 Å². The number of aryl methyl sites for hydroxylation is 1. The Morgan fingerprint density at radius 3 is 2.38 bits per heavy atom. The van der Waals surface area contributed by atoms with E-state index in [0.717, 1.165) is 0 Å². The van der Waals surface area contributed by atoms with Crippen LogP contribution in [0, 0.1) is 12.3 Å². The van der Waals surface area contributed by atoms with E-state index in [9.17, 15) is 18.3 Å². The summed E-state index contributed by atoms with van der Waals surface area (Å²) in [7, 11) is -3.80. The van der Waals surface area contributed by atoms with Crippen molar-refractivity contribution in [3.05, 3.63) is 28.8 Å². The molecule has 0 amide bonds. The molecule has 1 rings (SSSR count). The molecule has 0 radical (unpaired) electrons. The first-order chi connectivity index (χ1) is 9.68. The summed E-state index contributed by atoms with van der Waals surface area (Å²) in [5.41, 5.74) is -0.541. The van der Waals surface area contributed by atoms with Crippen LogP contribution in [-0.4, -0.2) is 26.0 Å². The summed E-state index contributed by atoms with van der Waals surface area (Å²) in [5.74, 6) is -1.00. The predicted octanol–water partition coefficient (Wildman–Crippen LogP) is 2.82. The second-order valence-corrected chi connectivity index (χ2v) is 7.20. The normalized spacial score (nSPS) is 12.4. The molecule has 5 nitrogen and oxygen atoms in total. The maximum Gasteiger partial charge on any atom is 0.310 e. The molecule has 0 aliphatic carbocycles. The minimum atomic E-state index is -3.80. The second-order valence-electron chi connectivity index (χ2n) is 5.03. The number of hydrogen-bond donors (Lipinski definition) is 2. The molecule has 7 heteroatoms. The van der Waals surface area contributed by atoms with Gasteiger partial charge in [0, 0.05) is 11.6 Å². The van der Waals surface area contributed by atoms with Crippen LogP contribution in [0.2, 0.25) is 5.02 Å². The zero-order valence-corrected chi connectivity index (χ0v) is 13.9. The number of hydrogen-bond acceptors (Lipinski definition) is 3. The summed E-state index contributed by atoms with van der Waals surface area (Å²) < 4.78 is 27.1. The van der Waals surface area contributed by atoms with Crippen LogP contribution >= 0.6 is 11.6 Å². The molecule has 1 aromatic carbocycles. The fourth-order valence-corrected chi connectivity index (χ4v) is 3.69. The third kappa shape index (κ3) is 3.96. The van der Waals surface area contributed by atoms with Crippen molar-refractivity contribution in [1.82, 2.24) is 4.72 Å². The zero-order chi connectivity index (χ0) is 16.3. The van der Waals surface area contributed by atoms with Gasteiger partial charge in [-0.15, -0.1) is 0 Å². The van der Waals surface area contributed by atoms with Gasteiger partial charge < -0.3 is 5.11 Å². The fraction of sp³-hybridized carbons (Fsp3) is 0.500. The lowest BCUT2D eigenvalue weighted by atomic mass is 9.83. The number of carboxylic acids is 1. The van der Waals surface area contributed by atoms with Crippen molar-refractivity contribution in [2.24, 2.45) is 5.41 Å². The molecule has 0 heterocycles. The smallest absolute Gasteiger partial charge is 0.310 e.